The first-order valence-corrected chi connectivity index (χ1v) is 3.32. The Kier molecular flexibility index (Phi) is 1.28. The molecule has 8 heavy (non-hydrogen) atoms. The molecule has 0 aromatic rings. The van der Waals surface area contributed by atoms with E-state index in [9.17, 15) is 5.11 Å². The smallest absolute Gasteiger partial charge is 0.0634 e. The molecular weight excluding hydrogens is 124 g/mol. The van der Waals surface area contributed by atoms with Crippen molar-refractivity contribution < 1.29 is 5.11 Å². The Morgan fingerprint density at radius 2 is 2.00 bits per heavy atom. The molecule has 0 aliphatic heterocycles. The number of hydrogen-bond donors (Lipinski definition) is 1. The van der Waals surface area contributed by atoms with Crippen molar-refractivity contribution in [3.63, 3.8) is 0 Å². The van der Waals surface area contributed by atoms with Crippen LogP contribution in [0.3, 0.4) is 0 Å². The summed E-state index contributed by atoms with van der Waals surface area (Å²) in [7, 11) is 0. The van der Waals surface area contributed by atoms with Crippen LogP contribution in [0.2, 0.25) is 0 Å². The lowest BCUT2D eigenvalue weighted by molar-refractivity contribution is 0.0573. The third-order valence-corrected chi connectivity index (χ3v) is 2.10. The van der Waals surface area contributed by atoms with Gasteiger partial charge in [-0.05, 0) is 20.3 Å². The average Bonchev–Trinajstić information content (AvgIpc) is 2.13. The summed E-state index contributed by atoms with van der Waals surface area (Å²) < 4.78 is 0. The molecule has 0 saturated heterocycles. The third kappa shape index (κ3) is 1.15. The van der Waals surface area contributed by atoms with E-state index in [0.717, 1.165) is 6.42 Å². The van der Waals surface area contributed by atoms with Crippen molar-refractivity contribution in [1.29, 1.82) is 0 Å². The van der Waals surface area contributed by atoms with E-state index in [-0.39, 0.29) is 5.38 Å². The van der Waals surface area contributed by atoms with Gasteiger partial charge in [-0.2, -0.15) is 0 Å². The molecular formula is C6H11ClO. The summed E-state index contributed by atoms with van der Waals surface area (Å²) >= 11 is 5.68. The van der Waals surface area contributed by atoms with Crippen molar-refractivity contribution in [2.24, 2.45) is 5.92 Å². The lowest BCUT2D eigenvalue weighted by Gasteiger charge is -2.14. The second-order valence-corrected chi connectivity index (χ2v) is 3.57. The van der Waals surface area contributed by atoms with Crippen molar-refractivity contribution in [1.82, 2.24) is 0 Å². The van der Waals surface area contributed by atoms with Crippen molar-refractivity contribution in [2.75, 3.05) is 0 Å². The first kappa shape index (κ1) is 6.37. The zero-order chi connectivity index (χ0) is 6.36. The number of aliphatic hydroxyl groups is 1. The fraction of sp³-hybridized carbons (Fsp3) is 1.00. The summed E-state index contributed by atoms with van der Waals surface area (Å²) in [5.41, 5.74) is -0.549. The Morgan fingerprint density at radius 3 is 2.00 bits per heavy atom. The van der Waals surface area contributed by atoms with Gasteiger partial charge in [0.25, 0.3) is 0 Å². The molecule has 0 heterocycles. The van der Waals surface area contributed by atoms with Crippen LogP contribution < -0.4 is 0 Å². The molecule has 0 radical (unpaired) electrons. The van der Waals surface area contributed by atoms with Gasteiger partial charge in [0.2, 0.25) is 0 Å². The van der Waals surface area contributed by atoms with Crippen LogP contribution in [-0.2, 0) is 0 Å². The molecule has 0 aromatic carbocycles. The fourth-order valence-corrected chi connectivity index (χ4v) is 1.40. The maximum Gasteiger partial charge on any atom is 0.0634 e. The first-order chi connectivity index (χ1) is 3.52. The molecule has 2 heteroatoms. The standard InChI is InChI=1S/C6H11ClO/c1-6(2,8)4-3-5(4)7/h4-5,8H,3H2,1-2H3. The van der Waals surface area contributed by atoms with Gasteiger partial charge >= 0.3 is 0 Å². The van der Waals surface area contributed by atoms with E-state index >= 15 is 0 Å². The Labute approximate surface area is 54.7 Å². The molecule has 0 aromatic heterocycles. The predicted octanol–water partition coefficient (Wildman–Crippen LogP) is 1.38. The van der Waals surface area contributed by atoms with E-state index in [2.05, 4.69) is 0 Å². The maximum atomic E-state index is 9.24. The van der Waals surface area contributed by atoms with E-state index in [0.29, 0.717) is 5.92 Å². The highest BCUT2D eigenvalue weighted by Gasteiger charge is 2.45. The van der Waals surface area contributed by atoms with E-state index in [1.165, 1.54) is 0 Å². The molecule has 1 fully saturated rings. The second-order valence-electron chi connectivity index (χ2n) is 3.01. The summed E-state index contributed by atoms with van der Waals surface area (Å²) in [6.45, 7) is 3.61. The highest BCUT2D eigenvalue weighted by atomic mass is 35.5. The summed E-state index contributed by atoms with van der Waals surface area (Å²) in [6.07, 6.45) is 0.977. The Morgan fingerprint density at radius 1 is 1.62 bits per heavy atom. The lowest BCUT2D eigenvalue weighted by atomic mass is 10.0. The van der Waals surface area contributed by atoms with Gasteiger partial charge in [-0.15, -0.1) is 11.6 Å². The van der Waals surface area contributed by atoms with Gasteiger partial charge < -0.3 is 5.11 Å². The zero-order valence-corrected chi connectivity index (χ0v) is 5.94. The first-order valence-electron chi connectivity index (χ1n) is 2.88. The second kappa shape index (κ2) is 1.61. The van der Waals surface area contributed by atoms with Gasteiger partial charge in [0.15, 0.2) is 0 Å². The van der Waals surface area contributed by atoms with Crippen molar-refractivity contribution >= 4 is 11.6 Å². The fourth-order valence-electron chi connectivity index (χ4n) is 0.895. The molecule has 0 spiro atoms. The summed E-state index contributed by atoms with van der Waals surface area (Å²) in [4.78, 5) is 0. The van der Waals surface area contributed by atoms with Crippen LogP contribution in [0.4, 0.5) is 0 Å². The highest BCUT2D eigenvalue weighted by molar-refractivity contribution is 6.22. The topological polar surface area (TPSA) is 20.2 Å². The SMILES string of the molecule is CC(C)(O)C1CC1Cl. The van der Waals surface area contributed by atoms with Gasteiger partial charge in [0.1, 0.15) is 0 Å². The number of rotatable bonds is 1. The Hall–Kier alpha value is 0.250. The number of hydrogen-bond acceptors (Lipinski definition) is 1. The molecule has 2 atom stereocenters. The van der Waals surface area contributed by atoms with Gasteiger partial charge in [-0.25, -0.2) is 0 Å². The lowest BCUT2D eigenvalue weighted by Crippen LogP contribution is -2.22. The quantitative estimate of drug-likeness (QED) is 0.538. The van der Waals surface area contributed by atoms with Crippen LogP contribution in [0.15, 0.2) is 0 Å². The van der Waals surface area contributed by atoms with Crippen LogP contribution in [0.25, 0.3) is 0 Å². The molecule has 1 aliphatic carbocycles. The van der Waals surface area contributed by atoms with Gasteiger partial charge in [0, 0.05) is 11.3 Å². The predicted molar refractivity (Wildman–Crippen MR) is 34.0 cm³/mol. The average molecular weight is 135 g/mol. The van der Waals surface area contributed by atoms with Crippen LogP contribution in [-0.4, -0.2) is 16.1 Å². The van der Waals surface area contributed by atoms with Crippen molar-refractivity contribution in [3.05, 3.63) is 0 Å². The number of halogens is 1. The zero-order valence-electron chi connectivity index (χ0n) is 5.19. The molecule has 2 unspecified atom stereocenters. The Balaban J connectivity index is 2.39. The van der Waals surface area contributed by atoms with Crippen molar-refractivity contribution in [2.45, 2.75) is 31.2 Å². The minimum absolute atomic E-state index is 0.231. The highest BCUT2D eigenvalue weighted by Crippen LogP contribution is 2.43. The normalized spacial score (nSPS) is 37.5. The largest absolute Gasteiger partial charge is 0.390 e. The van der Waals surface area contributed by atoms with E-state index in [1.54, 1.807) is 13.8 Å². The summed E-state index contributed by atoms with van der Waals surface area (Å²) in [6, 6.07) is 0. The molecule has 1 nitrogen and oxygen atoms in total. The molecule has 1 rings (SSSR count). The van der Waals surface area contributed by atoms with E-state index in [4.69, 9.17) is 11.6 Å². The van der Waals surface area contributed by atoms with Crippen LogP contribution in [0, 0.1) is 5.92 Å². The maximum absolute atomic E-state index is 9.24. The minimum atomic E-state index is -0.549. The molecule has 1 N–H and O–H groups in total. The van der Waals surface area contributed by atoms with Crippen molar-refractivity contribution in [3.8, 4) is 0 Å². The van der Waals surface area contributed by atoms with Gasteiger partial charge in [0.05, 0.1) is 5.60 Å². The molecule has 1 aliphatic rings. The monoisotopic (exact) mass is 134 g/mol. The minimum Gasteiger partial charge on any atom is -0.390 e. The summed E-state index contributed by atoms with van der Waals surface area (Å²) in [5.74, 6) is 0.337. The van der Waals surface area contributed by atoms with Crippen LogP contribution in [0.1, 0.15) is 20.3 Å². The van der Waals surface area contributed by atoms with Crippen LogP contribution >= 0.6 is 11.6 Å². The molecule has 0 bridgehead atoms. The van der Waals surface area contributed by atoms with Crippen LogP contribution in [0.5, 0.6) is 0 Å². The third-order valence-electron chi connectivity index (χ3n) is 1.62. The number of alkyl halides is 1. The Bertz CT molecular complexity index is 95.2. The molecule has 1 saturated carbocycles. The summed E-state index contributed by atoms with van der Waals surface area (Å²) in [5, 5.41) is 9.47. The van der Waals surface area contributed by atoms with E-state index in [1.807, 2.05) is 0 Å². The van der Waals surface area contributed by atoms with E-state index < -0.39 is 5.60 Å². The van der Waals surface area contributed by atoms with Gasteiger partial charge in [-0.3, -0.25) is 0 Å². The molecule has 0 amide bonds. The van der Waals surface area contributed by atoms with Gasteiger partial charge in [-0.1, -0.05) is 0 Å². The molecule has 48 valence electrons.